The third-order valence-electron chi connectivity index (χ3n) is 3.81. The van der Waals surface area contributed by atoms with Crippen LogP contribution < -0.4 is 10.3 Å². The number of benzene rings is 2. The van der Waals surface area contributed by atoms with Gasteiger partial charge in [0.15, 0.2) is 5.88 Å². The van der Waals surface area contributed by atoms with Crippen molar-refractivity contribution in [3.63, 3.8) is 0 Å². The molecule has 0 fully saturated rings. The number of pyridine rings is 1. The van der Waals surface area contributed by atoms with Crippen LogP contribution in [-0.4, -0.2) is 18.7 Å². The molecule has 1 N–H and O–H groups in total. The van der Waals surface area contributed by atoms with Gasteiger partial charge in [-0.2, -0.15) is 0 Å². The van der Waals surface area contributed by atoms with Crippen LogP contribution in [0.15, 0.2) is 59.4 Å². The van der Waals surface area contributed by atoms with Gasteiger partial charge in [-0.1, -0.05) is 48.5 Å². The summed E-state index contributed by atoms with van der Waals surface area (Å²) in [5, 5.41) is 1.59. The van der Waals surface area contributed by atoms with Crippen LogP contribution in [0.1, 0.15) is 11.1 Å². The van der Waals surface area contributed by atoms with Gasteiger partial charge in [0.1, 0.15) is 0 Å². The fourth-order valence-corrected chi connectivity index (χ4v) is 2.67. The van der Waals surface area contributed by atoms with E-state index in [4.69, 9.17) is 9.47 Å². The number of nitrogens with one attached hydrogen (secondary N) is 1. The van der Waals surface area contributed by atoms with Crippen molar-refractivity contribution in [1.82, 2.24) is 4.98 Å². The first-order chi connectivity index (χ1) is 11.3. The van der Waals surface area contributed by atoms with Gasteiger partial charge in [-0.25, -0.2) is 0 Å². The molecule has 4 nitrogen and oxygen atoms in total. The van der Waals surface area contributed by atoms with Gasteiger partial charge >= 0.3 is 0 Å². The molecular formula is C19H19NO3. The van der Waals surface area contributed by atoms with Crippen LogP contribution in [0.3, 0.4) is 0 Å². The number of H-pyrrole nitrogens is 1. The third kappa shape index (κ3) is 3.43. The Hall–Kier alpha value is -2.59. The van der Waals surface area contributed by atoms with E-state index in [1.165, 1.54) is 0 Å². The van der Waals surface area contributed by atoms with Crippen LogP contribution in [0.5, 0.6) is 5.88 Å². The molecule has 1 heterocycles. The Bertz CT molecular complexity index is 840. The SMILES string of the molecule is COc1[nH]c(=O)c2ccccc2c1CCOCc1ccccc1. The van der Waals surface area contributed by atoms with E-state index in [-0.39, 0.29) is 5.56 Å². The van der Waals surface area contributed by atoms with Crippen molar-refractivity contribution in [2.24, 2.45) is 0 Å². The molecule has 3 aromatic rings. The maximum atomic E-state index is 12.1. The normalized spacial score (nSPS) is 10.8. The molecule has 3 rings (SSSR count). The second kappa shape index (κ2) is 7.11. The smallest absolute Gasteiger partial charge is 0.258 e. The molecule has 0 aliphatic heterocycles. The first-order valence-electron chi connectivity index (χ1n) is 7.59. The molecule has 0 saturated carbocycles. The average Bonchev–Trinajstić information content (AvgIpc) is 2.61. The Kier molecular flexibility index (Phi) is 4.74. The molecule has 2 aromatic carbocycles. The van der Waals surface area contributed by atoms with E-state index in [1.54, 1.807) is 7.11 Å². The van der Waals surface area contributed by atoms with Crippen molar-refractivity contribution in [3.8, 4) is 5.88 Å². The lowest BCUT2D eigenvalue weighted by Gasteiger charge is -2.12. The summed E-state index contributed by atoms with van der Waals surface area (Å²) in [6.45, 7) is 1.13. The van der Waals surface area contributed by atoms with Gasteiger partial charge in [0, 0.05) is 17.4 Å². The first kappa shape index (κ1) is 15.3. The van der Waals surface area contributed by atoms with E-state index in [9.17, 15) is 4.79 Å². The van der Waals surface area contributed by atoms with Crippen LogP contribution in [0.2, 0.25) is 0 Å². The van der Waals surface area contributed by atoms with Gasteiger partial charge in [0.25, 0.3) is 5.56 Å². The Labute approximate surface area is 134 Å². The summed E-state index contributed by atoms with van der Waals surface area (Å²) in [5.41, 5.74) is 1.98. The molecule has 0 atom stereocenters. The summed E-state index contributed by atoms with van der Waals surface area (Å²) in [6.07, 6.45) is 0.674. The molecule has 23 heavy (non-hydrogen) atoms. The number of hydrogen-bond donors (Lipinski definition) is 1. The van der Waals surface area contributed by atoms with Gasteiger partial charge in [-0.3, -0.25) is 9.78 Å². The molecule has 4 heteroatoms. The van der Waals surface area contributed by atoms with Gasteiger partial charge in [-0.15, -0.1) is 0 Å². The predicted molar refractivity (Wildman–Crippen MR) is 90.9 cm³/mol. The Morgan fingerprint density at radius 1 is 0.957 bits per heavy atom. The summed E-state index contributed by atoms with van der Waals surface area (Å²) in [6, 6.07) is 17.6. The minimum atomic E-state index is -0.133. The predicted octanol–water partition coefficient (Wildman–Crippen LogP) is 3.30. The monoisotopic (exact) mass is 309 g/mol. The zero-order chi connectivity index (χ0) is 16.1. The van der Waals surface area contributed by atoms with Gasteiger partial charge in [-0.05, 0) is 17.0 Å². The average molecular weight is 309 g/mol. The van der Waals surface area contributed by atoms with Crippen molar-refractivity contribution >= 4 is 10.8 Å². The quantitative estimate of drug-likeness (QED) is 0.711. The molecule has 0 aliphatic rings. The first-order valence-corrected chi connectivity index (χ1v) is 7.59. The van der Waals surface area contributed by atoms with Crippen molar-refractivity contribution in [2.75, 3.05) is 13.7 Å². The van der Waals surface area contributed by atoms with Gasteiger partial charge < -0.3 is 9.47 Å². The van der Waals surface area contributed by atoms with E-state index in [1.807, 2.05) is 54.6 Å². The zero-order valence-electron chi connectivity index (χ0n) is 13.0. The van der Waals surface area contributed by atoms with Crippen LogP contribution in [-0.2, 0) is 17.8 Å². The minimum absolute atomic E-state index is 0.133. The summed E-state index contributed by atoms with van der Waals surface area (Å²) in [5.74, 6) is 0.511. The molecule has 118 valence electrons. The largest absolute Gasteiger partial charge is 0.482 e. The number of aromatic nitrogens is 1. The Balaban J connectivity index is 1.77. The van der Waals surface area contributed by atoms with Gasteiger partial charge in [0.2, 0.25) is 0 Å². The van der Waals surface area contributed by atoms with Crippen LogP contribution in [0, 0.1) is 0 Å². The minimum Gasteiger partial charge on any atom is -0.482 e. The third-order valence-corrected chi connectivity index (χ3v) is 3.81. The molecule has 1 aromatic heterocycles. The maximum Gasteiger partial charge on any atom is 0.258 e. The second-order valence-corrected chi connectivity index (χ2v) is 5.30. The molecule has 0 unspecified atom stereocenters. The molecule has 0 spiro atoms. The van der Waals surface area contributed by atoms with Crippen molar-refractivity contribution < 1.29 is 9.47 Å². The fourth-order valence-electron chi connectivity index (χ4n) is 2.67. The highest BCUT2D eigenvalue weighted by Crippen LogP contribution is 2.23. The number of fused-ring (bicyclic) bond motifs is 1. The van der Waals surface area contributed by atoms with E-state index in [2.05, 4.69) is 4.98 Å². The lowest BCUT2D eigenvalue weighted by Crippen LogP contribution is -2.12. The number of methoxy groups -OCH3 is 1. The second-order valence-electron chi connectivity index (χ2n) is 5.30. The standard InChI is InChI=1S/C19H19NO3/c1-22-19-17(11-12-23-13-14-7-3-2-4-8-14)15-9-5-6-10-16(15)18(21)20-19/h2-10H,11-13H2,1H3,(H,20,21). The van der Waals surface area contributed by atoms with Crippen LogP contribution in [0.4, 0.5) is 0 Å². The van der Waals surface area contributed by atoms with Crippen LogP contribution in [0.25, 0.3) is 10.8 Å². The topological polar surface area (TPSA) is 51.3 Å². The lowest BCUT2D eigenvalue weighted by molar-refractivity contribution is 0.123. The molecular weight excluding hydrogens is 290 g/mol. The highest BCUT2D eigenvalue weighted by Gasteiger charge is 2.11. The molecule has 0 saturated heterocycles. The molecule has 0 aliphatic carbocycles. The molecule has 0 bridgehead atoms. The summed E-state index contributed by atoms with van der Waals surface area (Å²) in [4.78, 5) is 14.9. The number of hydrogen-bond acceptors (Lipinski definition) is 3. The number of aromatic amines is 1. The van der Waals surface area contributed by atoms with E-state index >= 15 is 0 Å². The summed E-state index contributed by atoms with van der Waals surface area (Å²) in [7, 11) is 1.56. The molecule has 0 amide bonds. The van der Waals surface area contributed by atoms with E-state index in [0.717, 1.165) is 16.5 Å². The highest BCUT2D eigenvalue weighted by atomic mass is 16.5. The van der Waals surface area contributed by atoms with Gasteiger partial charge in [0.05, 0.1) is 20.3 Å². The summed E-state index contributed by atoms with van der Waals surface area (Å²) >= 11 is 0. The highest BCUT2D eigenvalue weighted by molar-refractivity contribution is 5.86. The van der Waals surface area contributed by atoms with Crippen molar-refractivity contribution in [1.29, 1.82) is 0 Å². The molecule has 0 radical (unpaired) electrons. The van der Waals surface area contributed by atoms with Crippen molar-refractivity contribution in [3.05, 3.63) is 76.1 Å². The van der Waals surface area contributed by atoms with E-state index < -0.39 is 0 Å². The maximum absolute atomic E-state index is 12.1. The Morgan fingerprint density at radius 2 is 1.65 bits per heavy atom. The lowest BCUT2D eigenvalue weighted by atomic mass is 10.0. The van der Waals surface area contributed by atoms with E-state index in [0.29, 0.717) is 30.9 Å². The summed E-state index contributed by atoms with van der Waals surface area (Å²) < 4.78 is 11.1. The van der Waals surface area contributed by atoms with Crippen LogP contribution >= 0.6 is 0 Å². The fraction of sp³-hybridized carbons (Fsp3) is 0.211. The Morgan fingerprint density at radius 3 is 2.39 bits per heavy atom. The zero-order valence-corrected chi connectivity index (χ0v) is 13.0. The number of ether oxygens (including phenoxy) is 2. The van der Waals surface area contributed by atoms with Crippen molar-refractivity contribution in [2.45, 2.75) is 13.0 Å². The number of rotatable bonds is 6.